The van der Waals surface area contributed by atoms with Crippen molar-refractivity contribution in [3.63, 3.8) is 0 Å². The van der Waals surface area contributed by atoms with E-state index < -0.39 is 0 Å². The quantitative estimate of drug-likeness (QED) is 0.191. The smallest absolute Gasteiger partial charge is 0.230 e. The van der Waals surface area contributed by atoms with E-state index in [9.17, 15) is 9.59 Å². The molecule has 0 aliphatic carbocycles. The molecule has 11 heteroatoms. The van der Waals surface area contributed by atoms with Gasteiger partial charge in [-0.05, 0) is 12.8 Å². The maximum absolute atomic E-state index is 12.6. The van der Waals surface area contributed by atoms with E-state index in [0.29, 0.717) is 65.0 Å². The van der Waals surface area contributed by atoms with E-state index in [-0.39, 0.29) is 16.6 Å². The number of methoxy groups -OCH3 is 1. The van der Waals surface area contributed by atoms with Crippen LogP contribution in [0.1, 0.15) is 40.0 Å². The number of carbonyl (C=O) groups excluding carboxylic acids is 2. The molecule has 218 valence electrons. The summed E-state index contributed by atoms with van der Waals surface area (Å²) in [5.41, 5.74) is 0. The Hall–Kier alpha value is -0.950. The number of rotatable bonds is 23. The van der Waals surface area contributed by atoms with Gasteiger partial charge >= 0.3 is 0 Å². The summed E-state index contributed by atoms with van der Waals surface area (Å²) in [6.45, 7) is 16.2. The molecule has 10 nitrogen and oxygen atoms in total. The van der Waals surface area contributed by atoms with Gasteiger partial charge in [-0.3, -0.25) is 14.5 Å². The fourth-order valence-corrected chi connectivity index (χ4v) is 4.43. The molecular weight excluding hydrogens is 498 g/mol. The van der Waals surface area contributed by atoms with Crippen LogP contribution in [0.2, 0.25) is 0 Å². The first-order valence-corrected chi connectivity index (χ1v) is 14.6. The Labute approximate surface area is 228 Å². The number of nitrogens with one attached hydrogen (secondary N) is 1. The van der Waals surface area contributed by atoms with E-state index in [1.807, 2.05) is 4.90 Å². The lowest BCUT2D eigenvalue weighted by atomic mass is 10.1. The van der Waals surface area contributed by atoms with Gasteiger partial charge in [-0.15, -0.1) is 11.8 Å². The van der Waals surface area contributed by atoms with Crippen molar-refractivity contribution in [1.82, 2.24) is 15.1 Å². The summed E-state index contributed by atoms with van der Waals surface area (Å²) in [6, 6.07) is 0. The minimum atomic E-state index is -0.145. The average Bonchev–Trinajstić information content (AvgIpc) is 2.90. The first-order chi connectivity index (χ1) is 17.9. The highest BCUT2D eigenvalue weighted by Crippen LogP contribution is 2.29. The summed E-state index contributed by atoms with van der Waals surface area (Å²) in [6.07, 6.45) is 2.27. The molecule has 0 bridgehead atoms. The number of hydrogen-bond acceptors (Lipinski definition) is 9. The van der Waals surface area contributed by atoms with Gasteiger partial charge in [-0.1, -0.05) is 20.8 Å². The van der Waals surface area contributed by atoms with Gasteiger partial charge in [0.05, 0.1) is 58.6 Å². The molecule has 0 radical (unpaired) electrons. The normalized spacial score (nSPS) is 14.8. The van der Waals surface area contributed by atoms with E-state index in [0.717, 1.165) is 58.8 Å². The third-order valence-corrected chi connectivity index (χ3v) is 7.30. The maximum atomic E-state index is 12.6. The summed E-state index contributed by atoms with van der Waals surface area (Å²) in [7, 11) is 1.71. The minimum Gasteiger partial charge on any atom is -0.383 e. The van der Waals surface area contributed by atoms with Gasteiger partial charge in [0.25, 0.3) is 0 Å². The highest BCUT2D eigenvalue weighted by atomic mass is 32.2. The Balaban J connectivity index is 1.98. The highest BCUT2D eigenvalue weighted by molar-refractivity contribution is 8.01. The van der Waals surface area contributed by atoms with Crippen LogP contribution in [0.3, 0.4) is 0 Å². The predicted molar refractivity (Wildman–Crippen MR) is 147 cm³/mol. The van der Waals surface area contributed by atoms with Crippen LogP contribution in [0.25, 0.3) is 0 Å². The van der Waals surface area contributed by atoms with Crippen molar-refractivity contribution >= 4 is 23.6 Å². The Kier molecular flexibility index (Phi) is 20.2. The lowest BCUT2D eigenvalue weighted by Crippen LogP contribution is -2.49. The van der Waals surface area contributed by atoms with Crippen molar-refractivity contribution in [2.24, 2.45) is 0 Å². The van der Waals surface area contributed by atoms with Crippen LogP contribution in [0.5, 0.6) is 0 Å². The van der Waals surface area contributed by atoms with Crippen LogP contribution >= 0.6 is 11.8 Å². The molecule has 2 amide bonds. The number of amides is 2. The third-order valence-electron chi connectivity index (χ3n) is 5.90. The summed E-state index contributed by atoms with van der Waals surface area (Å²) < 4.78 is 26.7. The van der Waals surface area contributed by atoms with Gasteiger partial charge in [-0.2, -0.15) is 0 Å². The Bertz CT molecular complexity index is 591. The SMILES string of the molecule is CCCOCCOCCOCCOCCNC(=O)CSC(C)(C)CCC(=O)N1CCN(CCOC)CC1. The summed E-state index contributed by atoms with van der Waals surface area (Å²) >= 11 is 1.59. The molecule has 0 aromatic carbocycles. The molecule has 0 atom stereocenters. The lowest BCUT2D eigenvalue weighted by molar-refractivity contribution is -0.133. The standard InChI is InChI=1S/C26H51N3O7S/c1-5-14-33-17-19-35-21-22-36-20-18-34-15-8-27-24(30)23-37-26(2,3)7-6-25(31)29-11-9-28(10-12-29)13-16-32-4/h5-23H2,1-4H3,(H,27,30). The van der Waals surface area contributed by atoms with Gasteiger partial charge < -0.3 is 33.9 Å². The molecular formula is C26H51N3O7S. The van der Waals surface area contributed by atoms with E-state index in [4.69, 9.17) is 23.7 Å². The topological polar surface area (TPSA) is 98.8 Å². The highest BCUT2D eigenvalue weighted by Gasteiger charge is 2.25. The molecule has 1 aliphatic rings. The van der Waals surface area contributed by atoms with Crippen molar-refractivity contribution in [3.8, 4) is 0 Å². The molecule has 1 fully saturated rings. The molecule has 1 heterocycles. The van der Waals surface area contributed by atoms with E-state index in [1.165, 1.54) is 0 Å². The number of ether oxygens (including phenoxy) is 5. The maximum Gasteiger partial charge on any atom is 0.230 e. The van der Waals surface area contributed by atoms with Gasteiger partial charge in [0.1, 0.15) is 0 Å². The second-order valence-electron chi connectivity index (χ2n) is 9.56. The minimum absolute atomic E-state index is 0.0171. The molecule has 37 heavy (non-hydrogen) atoms. The fourth-order valence-electron chi connectivity index (χ4n) is 3.56. The van der Waals surface area contributed by atoms with E-state index >= 15 is 0 Å². The van der Waals surface area contributed by atoms with Crippen molar-refractivity contribution in [1.29, 1.82) is 0 Å². The molecule has 1 saturated heterocycles. The first kappa shape index (κ1) is 34.1. The van der Waals surface area contributed by atoms with Crippen LogP contribution < -0.4 is 5.32 Å². The molecule has 0 saturated carbocycles. The zero-order chi connectivity index (χ0) is 27.2. The predicted octanol–water partition coefficient (Wildman–Crippen LogP) is 1.66. The molecule has 0 aromatic heterocycles. The largest absolute Gasteiger partial charge is 0.383 e. The van der Waals surface area contributed by atoms with Crippen molar-refractivity contribution in [2.75, 3.05) is 112 Å². The number of carbonyl (C=O) groups is 2. The van der Waals surface area contributed by atoms with Crippen molar-refractivity contribution in [2.45, 2.75) is 44.8 Å². The van der Waals surface area contributed by atoms with Gasteiger partial charge in [0.15, 0.2) is 0 Å². The number of hydrogen-bond donors (Lipinski definition) is 1. The van der Waals surface area contributed by atoms with Crippen LogP contribution in [0.15, 0.2) is 0 Å². The third kappa shape index (κ3) is 18.9. The van der Waals surface area contributed by atoms with Crippen molar-refractivity contribution in [3.05, 3.63) is 0 Å². The molecule has 1 rings (SSSR count). The van der Waals surface area contributed by atoms with Crippen LogP contribution in [0.4, 0.5) is 0 Å². The Morgan fingerprint density at radius 3 is 1.97 bits per heavy atom. The number of thioether (sulfide) groups is 1. The second kappa shape index (κ2) is 21.9. The summed E-state index contributed by atoms with van der Waals surface area (Å²) in [5.74, 6) is 0.554. The van der Waals surface area contributed by atoms with Gasteiger partial charge in [0, 0.05) is 64.2 Å². The zero-order valence-corrected chi connectivity index (χ0v) is 24.4. The summed E-state index contributed by atoms with van der Waals surface area (Å²) in [5, 5.41) is 2.88. The molecule has 1 N–H and O–H groups in total. The molecule has 0 aromatic rings. The fraction of sp³-hybridized carbons (Fsp3) is 0.923. The number of nitrogens with zero attached hydrogens (tertiary/aromatic N) is 2. The van der Waals surface area contributed by atoms with E-state index in [2.05, 4.69) is 31.0 Å². The average molecular weight is 550 g/mol. The first-order valence-electron chi connectivity index (χ1n) is 13.6. The van der Waals surface area contributed by atoms with Crippen LogP contribution in [-0.4, -0.2) is 138 Å². The van der Waals surface area contributed by atoms with Crippen LogP contribution in [-0.2, 0) is 33.3 Å². The Morgan fingerprint density at radius 1 is 0.838 bits per heavy atom. The van der Waals surface area contributed by atoms with Gasteiger partial charge in [0.2, 0.25) is 11.8 Å². The van der Waals surface area contributed by atoms with Crippen molar-refractivity contribution < 1.29 is 33.3 Å². The Morgan fingerprint density at radius 2 is 1.41 bits per heavy atom. The zero-order valence-electron chi connectivity index (χ0n) is 23.6. The van der Waals surface area contributed by atoms with Gasteiger partial charge in [-0.25, -0.2) is 0 Å². The molecule has 1 aliphatic heterocycles. The molecule has 0 unspecified atom stereocenters. The van der Waals surface area contributed by atoms with Crippen LogP contribution in [0, 0.1) is 0 Å². The number of piperazine rings is 1. The lowest BCUT2D eigenvalue weighted by Gasteiger charge is -2.35. The molecule has 0 spiro atoms. The monoisotopic (exact) mass is 549 g/mol. The second-order valence-corrected chi connectivity index (χ2v) is 11.2. The summed E-state index contributed by atoms with van der Waals surface area (Å²) in [4.78, 5) is 29.1. The van der Waals surface area contributed by atoms with E-state index in [1.54, 1.807) is 18.9 Å².